The Labute approximate surface area is 68.6 Å². The van der Waals surface area contributed by atoms with Crippen LogP contribution in [0.3, 0.4) is 0 Å². The Hall–Kier alpha value is -1.84. The van der Waals surface area contributed by atoms with Gasteiger partial charge in [-0.05, 0) is 12.1 Å². The number of hydrogen-bond donors (Lipinski definition) is 1. The molecular formula is C8H7N3O. The van der Waals surface area contributed by atoms with Crippen LogP contribution in [0.1, 0.15) is 10.4 Å². The Balaban J connectivity index is 2.68. The number of carbonyl (C=O) groups excluding carboxylic acids is 1. The maximum atomic E-state index is 10.8. The molecule has 0 saturated carbocycles. The number of fused-ring (bicyclic) bond motifs is 1. The third kappa shape index (κ3) is 0.934. The standard InChI is InChI=1S/C8H7N3O/c9-8(12)6-1-2-7-3-10-5-11(7)4-6/h1-5H,(H2,9,12). The van der Waals surface area contributed by atoms with Crippen molar-refractivity contribution in [3.63, 3.8) is 0 Å². The lowest BCUT2D eigenvalue weighted by atomic mass is 10.2. The molecule has 12 heavy (non-hydrogen) atoms. The molecule has 0 atom stereocenters. The van der Waals surface area contributed by atoms with Gasteiger partial charge in [-0.2, -0.15) is 0 Å². The van der Waals surface area contributed by atoms with Crippen LogP contribution in [0.5, 0.6) is 0 Å². The first-order chi connectivity index (χ1) is 5.77. The van der Waals surface area contributed by atoms with Crippen LogP contribution in [0.25, 0.3) is 5.52 Å². The summed E-state index contributed by atoms with van der Waals surface area (Å²) in [6, 6.07) is 3.48. The largest absolute Gasteiger partial charge is 0.366 e. The number of amides is 1. The van der Waals surface area contributed by atoms with Crippen LogP contribution in [-0.4, -0.2) is 15.3 Å². The van der Waals surface area contributed by atoms with Gasteiger partial charge in [0.1, 0.15) is 0 Å². The number of nitrogens with two attached hydrogens (primary N) is 1. The third-order valence-corrected chi connectivity index (χ3v) is 1.69. The molecule has 0 aliphatic carbocycles. The van der Waals surface area contributed by atoms with Gasteiger partial charge in [0.25, 0.3) is 0 Å². The van der Waals surface area contributed by atoms with Crippen LogP contribution < -0.4 is 5.73 Å². The molecule has 0 unspecified atom stereocenters. The summed E-state index contributed by atoms with van der Waals surface area (Å²) in [7, 11) is 0. The third-order valence-electron chi connectivity index (χ3n) is 1.69. The van der Waals surface area contributed by atoms with Crippen molar-refractivity contribution in [3.05, 3.63) is 36.4 Å². The normalized spacial score (nSPS) is 10.3. The maximum Gasteiger partial charge on any atom is 0.250 e. The lowest BCUT2D eigenvalue weighted by Gasteiger charge is -1.96. The molecule has 0 fully saturated rings. The summed E-state index contributed by atoms with van der Waals surface area (Å²) in [6.07, 6.45) is 5.00. The predicted molar refractivity (Wildman–Crippen MR) is 43.7 cm³/mol. The van der Waals surface area contributed by atoms with Gasteiger partial charge in [0.05, 0.1) is 23.6 Å². The molecule has 2 N–H and O–H groups in total. The summed E-state index contributed by atoms with van der Waals surface area (Å²) in [5.41, 5.74) is 6.53. The van der Waals surface area contributed by atoms with E-state index >= 15 is 0 Å². The number of aromatic nitrogens is 2. The number of pyridine rings is 1. The first-order valence-electron chi connectivity index (χ1n) is 3.49. The van der Waals surface area contributed by atoms with Crippen LogP contribution in [0, 0.1) is 0 Å². The molecule has 1 amide bonds. The summed E-state index contributed by atoms with van der Waals surface area (Å²) in [5.74, 6) is -0.425. The molecule has 4 nitrogen and oxygen atoms in total. The van der Waals surface area contributed by atoms with Crippen molar-refractivity contribution in [2.24, 2.45) is 5.73 Å². The van der Waals surface area contributed by atoms with Gasteiger partial charge in [0.15, 0.2) is 0 Å². The second-order valence-electron chi connectivity index (χ2n) is 2.51. The van der Waals surface area contributed by atoms with Gasteiger partial charge in [0.2, 0.25) is 5.91 Å². The topological polar surface area (TPSA) is 60.4 Å². The van der Waals surface area contributed by atoms with Gasteiger partial charge < -0.3 is 10.1 Å². The highest BCUT2D eigenvalue weighted by Crippen LogP contribution is 2.04. The smallest absolute Gasteiger partial charge is 0.250 e. The highest BCUT2D eigenvalue weighted by Gasteiger charge is 2.00. The molecule has 2 heterocycles. The fourth-order valence-corrected chi connectivity index (χ4v) is 1.07. The van der Waals surface area contributed by atoms with E-state index in [4.69, 9.17) is 5.73 Å². The minimum Gasteiger partial charge on any atom is -0.366 e. The second kappa shape index (κ2) is 2.34. The Kier molecular flexibility index (Phi) is 1.33. The molecule has 0 aliphatic heterocycles. The number of hydrogen-bond acceptors (Lipinski definition) is 2. The SMILES string of the molecule is NC(=O)c1ccc2cncn2c1. The van der Waals surface area contributed by atoms with E-state index in [0.717, 1.165) is 5.52 Å². The Morgan fingerprint density at radius 1 is 1.50 bits per heavy atom. The zero-order chi connectivity index (χ0) is 8.55. The van der Waals surface area contributed by atoms with E-state index in [9.17, 15) is 4.79 Å². The molecule has 60 valence electrons. The van der Waals surface area contributed by atoms with Crippen LogP contribution in [0.4, 0.5) is 0 Å². The van der Waals surface area contributed by atoms with Crippen molar-refractivity contribution < 1.29 is 4.79 Å². The lowest BCUT2D eigenvalue weighted by Crippen LogP contribution is -2.11. The Bertz CT molecular complexity index is 433. The van der Waals surface area contributed by atoms with E-state index in [1.54, 1.807) is 35.3 Å². The fourth-order valence-electron chi connectivity index (χ4n) is 1.07. The molecule has 0 aromatic carbocycles. The summed E-state index contributed by atoms with van der Waals surface area (Å²) in [6.45, 7) is 0. The van der Waals surface area contributed by atoms with Crippen molar-refractivity contribution in [1.29, 1.82) is 0 Å². The Morgan fingerprint density at radius 2 is 2.33 bits per heavy atom. The first-order valence-corrected chi connectivity index (χ1v) is 3.49. The maximum absolute atomic E-state index is 10.8. The van der Waals surface area contributed by atoms with Crippen molar-refractivity contribution in [1.82, 2.24) is 9.38 Å². The number of primary amides is 1. The minimum atomic E-state index is -0.425. The van der Waals surface area contributed by atoms with Gasteiger partial charge in [-0.1, -0.05) is 0 Å². The molecule has 2 aromatic rings. The quantitative estimate of drug-likeness (QED) is 0.659. The average Bonchev–Trinajstić information content (AvgIpc) is 2.49. The molecule has 2 aromatic heterocycles. The number of carbonyl (C=O) groups is 1. The van der Waals surface area contributed by atoms with E-state index in [2.05, 4.69) is 4.98 Å². The molecule has 0 bridgehead atoms. The van der Waals surface area contributed by atoms with Crippen molar-refractivity contribution in [2.45, 2.75) is 0 Å². The van der Waals surface area contributed by atoms with E-state index in [1.165, 1.54) is 0 Å². The fraction of sp³-hybridized carbons (Fsp3) is 0. The van der Waals surface area contributed by atoms with Crippen LogP contribution in [0.15, 0.2) is 30.9 Å². The monoisotopic (exact) mass is 161 g/mol. The van der Waals surface area contributed by atoms with Gasteiger partial charge in [-0.25, -0.2) is 4.98 Å². The molecular weight excluding hydrogens is 154 g/mol. The van der Waals surface area contributed by atoms with Gasteiger partial charge in [-0.15, -0.1) is 0 Å². The zero-order valence-electron chi connectivity index (χ0n) is 6.27. The van der Waals surface area contributed by atoms with Gasteiger partial charge in [-0.3, -0.25) is 4.79 Å². The summed E-state index contributed by atoms with van der Waals surface area (Å²) in [4.78, 5) is 14.7. The van der Waals surface area contributed by atoms with Crippen molar-refractivity contribution >= 4 is 11.4 Å². The molecule has 0 radical (unpaired) electrons. The van der Waals surface area contributed by atoms with E-state index in [-0.39, 0.29) is 0 Å². The summed E-state index contributed by atoms with van der Waals surface area (Å²) < 4.78 is 1.75. The van der Waals surface area contributed by atoms with E-state index in [1.807, 2.05) is 0 Å². The molecule has 0 aliphatic rings. The highest BCUT2D eigenvalue weighted by molar-refractivity contribution is 5.92. The lowest BCUT2D eigenvalue weighted by molar-refractivity contribution is 0.1000. The van der Waals surface area contributed by atoms with Crippen LogP contribution in [0.2, 0.25) is 0 Å². The van der Waals surface area contributed by atoms with Crippen LogP contribution in [-0.2, 0) is 0 Å². The number of rotatable bonds is 1. The molecule has 0 saturated heterocycles. The average molecular weight is 161 g/mol. The Morgan fingerprint density at radius 3 is 3.08 bits per heavy atom. The van der Waals surface area contributed by atoms with Crippen LogP contribution >= 0.6 is 0 Å². The van der Waals surface area contributed by atoms with Gasteiger partial charge >= 0.3 is 0 Å². The second-order valence-corrected chi connectivity index (χ2v) is 2.51. The van der Waals surface area contributed by atoms with Crippen molar-refractivity contribution in [3.8, 4) is 0 Å². The summed E-state index contributed by atoms with van der Waals surface area (Å²) in [5, 5.41) is 0. The summed E-state index contributed by atoms with van der Waals surface area (Å²) >= 11 is 0. The minimum absolute atomic E-state index is 0.425. The van der Waals surface area contributed by atoms with E-state index < -0.39 is 5.91 Å². The molecule has 0 spiro atoms. The predicted octanol–water partition coefficient (Wildman–Crippen LogP) is 0.433. The zero-order valence-corrected chi connectivity index (χ0v) is 6.27. The highest BCUT2D eigenvalue weighted by atomic mass is 16.1. The van der Waals surface area contributed by atoms with E-state index in [0.29, 0.717) is 5.56 Å². The number of imidazole rings is 1. The van der Waals surface area contributed by atoms with Crippen molar-refractivity contribution in [2.75, 3.05) is 0 Å². The molecule has 2 rings (SSSR count). The first kappa shape index (κ1) is 6.84. The number of nitrogens with zero attached hydrogens (tertiary/aromatic N) is 2. The van der Waals surface area contributed by atoms with Gasteiger partial charge in [0, 0.05) is 6.20 Å². The molecule has 4 heteroatoms.